The lowest BCUT2D eigenvalue weighted by Gasteiger charge is -2.12. The Morgan fingerprint density at radius 1 is 1.29 bits per heavy atom. The molecule has 2 rings (SSSR count). The first-order valence-corrected chi connectivity index (χ1v) is 6.73. The van der Waals surface area contributed by atoms with Gasteiger partial charge in [0.25, 0.3) is 5.69 Å². The standard InChI is InChI=1S/C14H11BrN2O4/c1-8-11(15)3-2-4-12(8)16-13-6-5-9(17(20)21)7-10(13)14(18)19/h2-7,16H,1H3,(H,18,19). The lowest BCUT2D eigenvalue weighted by Crippen LogP contribution is -2.04. The number of non-ortho nitro benzene ring substituents is 1. The maximum Gasteiger partial charge on any atom is 0.338 e. The molecule has 0 aliphatic rings. The summed E-state index contributed by atoms with van der Waals surface area (Å²) in [4.78, 5) is 21.4. The molecule has 0 bridgehead atoms. The van der Waals surface area contributed by atoms with Crippen LogP contribution >= 0.6 is 15.9 Å². The minimum Gasteiger partial charge on any atom is -0.478 e. The molecule has 6 nitrogen and oxygen atoms in total. The van der Waals surface area contributed by atoms with Gasteiger partial charge in [0.1, 0.15) is 0 Å². The third kappa shape index (κ3) is 3.19. The number of hydrogen-bond donors (Lipinski definition) is 2. The SMILES string of the molecule is Cc1c(Br)cccc1Nc1ccc([N+](=O)[O-])cc1C(=O)O. The van der Waals surface area contributed by atoms with Crippen molar-refractivity contribution in [1.29, 1.82) is 0 Å². The topological polar surface area (TPSA) is 92.5 Å². The van der Waals surface area contributed by atoms with Gasteiger partial charge in [-0.2, -0.15) is 0 Å². The Morgan fingerprint density at radius 3 is 2.62 bits per heavy atom. The van der Waals surface area contributed by atoms with E-state index < -0.39 is 10.9 Å². The number of anilines is 2. The van der Waals surface area contributed by atoms with E-state index in [-0.39, 0.29) is 11.3 Å². The summed E-state index contributed by atoms with van der Waals surface area (Å²) >= 11 is 3.39. The maximum absolute atomic E-state index is 11.3. The van der Waals surface area contributed by atoms with E-state index in [2.05, 4.69) is 21.2 Å². The van der Waals surface area contributed by atoms with Crippen LogP contribution in [-0.2, 0) is 0 Å². The van der Waals surface area contributed by atoms with Crippen molar-refractivity contribution in [1.82, 2.24) is 0 Å². The summed E-state index contributed by atoms with van der Waals surface area (Å²) in [6, 6.07) is 9.18. The van der Waals surface area contributed by atoms with Crippen LogP contribution in [0.25, 0.3) is 0 Å². The fourth-order valence-corrected chi connectivity index (χ4v) is 2.19. The number of nitro groups is 1. The minimum absolute atomic E-state index is 0.149. The highest BCUT2D eigenvalue weighted by atomic mass is 79.9. The number of benzene rings is 2. The van der Waals surface area contributed by atoms with E-state index in [4.69, 9.17) is 0 Å². The molecule has 0 radical (unpaired) electrons. The highest BCUT2D eigenvalue weighted by Crippen LogP contribution is 2.29. The first-order valence-electron chi connectivity index (χ1n) is 5.94. The van der Waals surface area contributed by atoms with Crippen LogP contribution in [0.3, 0.4) is 0 Å². The highest BCUT2D eigenvalue weighted by molar-refractivity contribution is 9.10. The molecule has 0 aliphatic heterocycles. The van der Waals surface area contributed by atoms with E-state index in [0.29, 0.717) is 5.69 Å². The molecule has 0 amide bonds. The van der Waals surface area contributed by atoms with E-state index in [1.165, 1.54) is 12.1 Å². The monoisotopic (exact) mass is 350 g/mol. The molecule has 2 N–H and O–H groups in total. The zero-order valence-electron chi connectivity index (χ0n) is 11.0. The van der Waals surface area contributed by atoms with Gasteiger partial charge in [-0.25, -0.2) is 4.79 Å². The second-order valence-corrected chi connectivity index (χ2v) is 5.18. The molecule has 0 spiro atoms. The van der Waals surface area contributed by atoms with Crippen molar-refractivity contribution in [2.75, 3.05) is 5.32 Å². The zero-order chi connectivity index (χ0) is 15.6. The first-order chi connectivity index (χ1) is 9.90. The van der Waals surface area contributed by atoms with E-state index in [0.717, 1.165) is 21.8 Å². The fourth-order valence-electron chi connectivity index (χ4n) is 1.82. The summed E-state index contributed by atoms with van der Waals surface area (Å²) in [5.74, 6) is -1.23. The van der Waals surface area contributed by atoms with Crippen LogP contribution in [0.1, 0.15) is 15.9 Å². The smallest absolute Gasteiger partial charge is 0.338 e. The average Bonchev–Trinajstić information content (AvgIpc) is 2.43. The molecule has 0 atom stereocenters. The minimum atomic E-state index is -1.23. The molecule has 0 heterocycles. The van der Waals surface area contributed by atoms with Crippen LogP contribution in [0.2, 0.25) is 0 Å². The molecule has 0 unspecified atom stereocenters. The Morgan fingerprint density at radius 2 is 2.00 bits per heavy atom. The molecule has 108 valence electrons. The van der Waals surface area contributed by atoms with Gasteiger partial charge in [0.15, 0.2) is 0 Å². The Kier molecular flexibility index (Phi) is 4.23. The lowest BCUT2D eigenvalue weighted by molar-refractivity contribution is -0.384. The largest absolute Gasteiger partial charge is 0.478 e. The number of nitrogens with zero attached hydrogens (tertiary/aromatic N) is 1. The van der Waals surface area contributed by atoms with Crippen LogP contribution < -0.4 is 5.32 Å². The van der Waals surface area contributed by atoms with Gasteiger partial charge in [-0.05, 0) is 30.7 Å². The molecule has 21 heavy (non-hydrogen) atoms. The third-order valence-corrected chi connectivity index (χ3v) is 3.84. The maximum atomic E-state index is 11.3. The summed E-state index contributed by atoms with van der Waals surface area (Å²) in [6.07, 6.45) is 0. The van der Waals surface area contributed by atoms with Gasteiger partial charge in [-0.15, -0.1) is 0 Å². The second kappa shape index (κ2) is 5.92. The number of carboxylic acids is 1. The Balaban J connectivity index is 2.46. The fraction of sp³-hybridized carbons (Fsp3) is 0.0714. The van der Waals surface area contributed by atoms with Crippen LogP contribution in [0.4, 0.5) is 17.1 Å². The van der Waals surface area contributed by atoms with Gasteiger partial charge < -0.3 is 10.4 Å². The summed E-state index contributed by atoms with van der Waals surface area (Å²) < 4.78 is 0.881. The number of nitrogens with one attached hydrogen (secondary N) is 1. The number of halogens is 1. The quantitative estimate of drug-likeness (QED) is 0.639. The molecule has 0 fully saturated rings. The van der Waals surface area contributed by atoms with Gasteiger partial charge in [0, 0.05) is 22.3 Å². The number of aromatic carboxylic acids is 1. The predicted molar refractivity (Wildman–Crippen MR) is 82.2 cm³/mol. The van der Waals surface area contributed by atoms with Crippen LogP contribution in [0.5, 0.6) is 0 Å². The van der Waals surface area contributed by atoms with Gasteiger partial charge >= 0.3 is 5.97 Å². The third-order valence-electron chi connectivity index (χ3n) is 2.98. The summed E-state index contributed by atoms with van der Waals surface area (Å²) in [7, 11) is 0. The summed E-state index contributed by atoms with van der Waals surface area (Å²) in [5, 5.41) is 22.9. The highest BCUT2D eigenvalue weighted by Gasteiger charge is 2.16. The zero-order valence-corrected chi connectivity index (χ0v) is 12.5. The predicted octanol–water partition coefficient (Wildman–Crippen LogP) is 4.11. The van der Waals surface area contributed by atoms with Crippen LogP contribution in [0.15, 0.2) is 40.9 Å². The molecule has 0 saturated heterocycles. The summed E-state index contributed by atoms with van der Waals surface area (Å²) in [5.41, 5.74) is 1.52. The van der Waals surface area contributed by atoms with Gasteiger partial charge in [-0.1, -0.05) is 22.0 Å². The van der Waals surface area contributed by atoms with Crippen molar-refractivity contribution >= 4 is 39.0 Å². The molecule has 7 heteroatoms. The molecular formula is C14H11BrN2O4. The molecular weight excluding hydrogens is 340 g/mol. The Labute approximate surface area is 128 Å². The van der Waals surface area contributed by atoms with Crippen molar-refractivity contribution in [2.45, 2.75) is 6.92 Å². The van der Waals surface area contributed by atoms with Crippen molar-refractivity contribution in [3.8, 4) is 0 Å². The Bertz CT molecular complexity index is 731. The molecule has 0 aliphatic carbocycles. The van der Waals surface area contributed by atoms with E-state index >= 15 is 0 Å². The number of carboxylic acid groups (broad SMARTS) is 1. The molecule has 2 aromatic rings. The number of nitro benzene ring substituents is 1. The Hall–Kier alpha value is -2.41. The first kappa shape index (κ1) is 15.0. The molecule has 0 saturated carbocycles. The molecule has 2 aromatic carbocycles. The van der Waals surface area contributed by atoms with E-state index in [1.807, 2.05) is 19.1 Å². The molecule has 0 aromatic heterocycles. The van der Waals surface area contributed by atoms with Gasteiger partial charge in [0.2, 0.25) is 0 Å². The van der Waals surface area contributed by atoms with E-state index in [9.17, 15) is 20.0 Å². The van der Waals surface area contributed by atoms with Crippen molar-refractivity contribution in [2.24, 2.45) is 0 Å². The lowest BCUT2D eigenvalue weighted by atomic mass is 10.1. The van der Waals surface area contributed by atoms with E-state index in [1.54, 1.807) is 6.07 Å². The van der Waals surface area contributed by atoms with Crippen LogP contribution in [0, 0.1) is 17.0 Å². The summed E-state index contributed by atoms with van der Waals surface area (Å²) in [6.45, 7) is 1.87. The van der Waals surface area contributed by atoms with Crippen molar-refractivity contribution in [3.05, 3.63) is 62.1 Å². The van der Waals surface area contributed by atoms with Crippen molar-refractivity contribution < 1.29 is 14.8 Å². The van der Waals surface area contributed by atoms with Gasteiger partial charge in [0.05, 0.1) is 16.2 Å². The average molecular weight is 351 g/mol. The van der Waals surface area contributed by atoms with Crippen molar-refractivity contribution in [3.63, 3.8) is 0 Å². The van der Waals surface area contributed by atoms with Crippen LogP contribution in [-0.4, -0.2) is 16.0 Å². The normalized spacial score (nSPS) is 10.2. The van der Waals surface area contributed by atoms with Gasteiger partial charge in [-0.3, -0.25) is 10.1 Å². The number of carbonyl (C=O) groups is 1. The number of hydrogen-bond acceptors (Lipinski definition) is 4. The number of rotatable bonds is 4. The second-order valence-electron chi connectivity index (χ2n) is 4.33.